The fraction of sp³-hybridized carbons (Fsp3) is 0.391. The molecule has 8 heteroatoms. The standard InChI is InChI=1S/C23H31N3O4S/c1-5-24-23(28)19(3)26(16-15-20-9-7-6-8-10-20)22(27)17-25(4)31(29,30)21-13-11-18(2)12-14-21/h6-14,19H,5,15-17H2,1-4H3,(H,24,28). The molecule has 0 saturated heterocycles. The van der Waals surface area contributed by atoms with E-state index in [4.69, 9.17) is 0 Å². The fourth-order valence-electron chi connectivity index (χ4n) is 3.15. The van der Waals surface area contributed by atoms with Gasteiger partial charge in [-0.15, -0.1) is 0 Å². The van der Waals surface area contributed by atoms with Crippen LogP contribution in [-0.2, 0) is 26.0 Å². The highest BCUT2D eigenvalue weighted by Crippen LogP contribution is 2.16. The number of hydrogen-bond acceptors (Lipinski definition) is 4. The quantitative estimate of drug-likeness (QED) is 0.608. The van der Waals surface area contributed by atoms with Crippen molar-refractivity contribution in [1.29, 1.82) is 0 Å². The Bertz CT molecular complexity index is 976. The molecule has 0 aliphatic rings. The Balaban J connectivity index is 2.18. The highest BCUT2D eigenvalue weighted by atomic mass is 32.2. The summed E-state index contributed by atoms with van der Waals surface area (Å²) < 4.78 is 26.8. The van der Waals surface area contributed by atoms with Crippen LogP contribution in [0, 0.1) is 6.92 Å². The van der Waals surface area contributed by atoms with E-state index in [0.717, 1.165) is 15.4 Å². The zero-order valence-electron chi connectivity index (χ0n) is 18.5. The summed E-state index contributed by atoms with van der Waals surface area (Å²) in [5.74, 6) is -0.694. The molecular weight excluding hydrogens is 414 g/mol. The minimum atomic E-state index is -3.82. The van der Waals surface area contributed by atoms with Crippen LogP contribution in [0.1, 0.15) is 25.0 Å². The van der Waals surface area contributed by atoms with Gasteiger partial charge in [0.05, 0.1) is 11.4 Å². The first kappa shape index (κ1) is 24.6. The van der Waals surface area contributed by atoms with Crippen molar-refractivity contribution in [2.45, 2.75) is 38.1 Å². The molecule has 0 fully saturated rings. The third kappa shape index (κ3) is 6.63. The minimum absolute atomic E-state index is 0.126. The van der Waals surface area contributed by atoms with E-state index in [0.29, 0.717) is 19.5 Å². The van der Waals surface area contributed by atoms with E-state index >= 15 is 0 Å². The molecule has 0 heterocycles. The van der Waals surface area contributed by atoms with Gasteiger partial charge in [0.2, 0.25) is 21.8 Å². The number of aryl methyl sites for hydroxylation is 1. The van der Waals surface area contributed by atoms with Gasteiger partial charge in [0.25, 0.3) is 0 Å². The van der Waals surface area contributed by atoms with Crippen molar-refractivity contribution in [3.63, 3.8) is 0 Å². The summed E-state index contributed by atoms with van der Waals surface area (Å²) in [6, 6.07) is 15.4. The average molecular weight is 446 g/mol. The number of amides is 2. The van der Waals surface area contributed by atoms with E-state index in [1.165, 1.54) is 24.1 Å². The molecule has 2 rings (SSSR count). The molecule has 2 aromatic carbocycles. The Kier molecular flexibility index (Phi) is 8.76. The van der Waals surface area contributed by atoms with Crippen LogP contribution in [0.2, 0.25) is 0 Å². The summed E-state index contributed by atoms with van der Waals surface area (Å²) in [6.07, 6.45) is 0.560. The topological polar surface area (TPSA) is 86.8 Å². The number of rotatable bonds is 10. The first-order valence-electron chi connectivity index (χ1n) is 10.3. The molecule has 0 bridgehead atoms. The molecule has 2 aromatic rings. The second-order valence-electron chi connectivity index (χ2n) is 7.47. The number of hydrogen-bond donors (Lipinski definition) is 1. The summed E-state index contributed by atoms with van der Waals surface area (Å²) >= 11 is 0. The molecule has 0 aromatic heterocycles. The molecule has 0 aliphatic heterocycles. The maximum atomic E-state index is 13.1. The highest BCUT2D eigenvalue weighted by molar-refractivity contribution is 7.89. The maximum Gasteiger partial charge on any atom is 0.243 e. The van der Waals surface area contributed by atoms with Crippen LogP contribution in [0.4, 0.5) is 0 Å². The Hall–Kier alpha value is -2.71. The highest BCUT2D eigenvalue weighted by Gasteiger charge is 2.29. The lowest BCUT2D eigenvalue weighted by Gasteiger charge is -2.30. The van der Waals surface area contributed by atoms with Crippen molar-refractivity contribution in [2.75, 3.05) is 26.7 Å². The van der Waals surface area contributed by atoms with Gasteiger partial charge >= 0.3 is 0 Å². The predicted octanol–water partition coefficient (Wildman–Crippen LogP) is 2.21. The fourth-order valence-corrected chi connectivity index (χ4v) is 4.27. The first-order valence-corrected chi connectivity index (χ1v) is 11.7. The van der Waals surface area contributed by atoms with Crippen LogP contribution in [0.3, 0.4) is 0 Å². The molecular formula is C23H31N3O4S. The number of benzene rings is 2. The van der Waals surface area contributed by atoms with Crippen LogP contribution >= 0.6 is 0 Å². The number of sulfonamides is 1. The van der Waals surface area contributed by atoms with Crippen LogP contribution in [0.25, 0.3) is 0 Å². The van der Waals surface area contributed by atoms with Crippen LogP contribution < -0.4 is 5.32 Å². The van der Waals surface area contributed by atoms with Gasteiger partial charge in [-0.25, -0.2) is 8.42 Å². The van der Waals surface area contributed by atoms with Gasteiger partial charge in [-0.1, -0.05) is 48.0 Å². The monoisotopic (exact) mass is 445 g/mol. The number of carbonyl (C=O) groups is 2. The third-order valence-corrected chi connectivity index (χ3v) is 6.91. The SMILES string of the molecule is CCNC(=O)C(C)N(CCc1ccccc1)C(=O)CN(C)S(=O)(=O)c1ccc(C)cc1. The predicted molar refractivity (Wildman–Crippen MR) is 121 cm³/mol. The van der Waals surface area contributed by atoms with E-state index < -0.39 is 22.0 Å². The molecule has 31 heavy (non-hydrogen) atoms. The number of nitrogens with one attached hydrogen (secondary N) is 1. The summed E-state index contributed by atoms with van der Waals surface area (Å²) in [7, 11) is -2.45. The molecule has 2 amide bonds. The summed E-state index contributed by atoms with van der Waals surface area (Å²) in [4.78, 5) is 27.1. The summed E-state index contributed by atoms with van der Waals surface area (Å²) in [6.45, 7) is 5.74. The van der Waals surface area contributed by atoms with Gasteiger partial charge < -0.3 is 10.2 Å². The van der Waals surface area contributed by atoms with Gasteiger partial charge in [-0.05, 0) is 44.9 Å². The molecule has 0 radical (unpaired) electrons. The van der Waals surface area contributed by atoms with E-state index in [1.54, 1.807) is 19.1 Å². The Morgan fingerprint density at radius 3 is 2.23 bits per heavy atom. The van der Waals surface area contributed by atoms with Gasteiger partial charge in [0.1, 0.15) is 6.04 Å². The summed E-state index contributed by atoms with van der Waals surface area (Å²) in [5, 5.41) is 2.73. The number of likely N-dealkylation sites (N-methyl/N-ethyl adjacent to an activating group) is 2. The van der Waals surface area contributed by atoms with Crippen molar-refractivity contribution in [1.82, 2.24) is 14.5 Å². The van der Waals surface area contributed by atoms with Crippen molar-refractivity contribution < 1.29 is 18.0 Å². The molecule has 1 atom stereocenters. The molecule has 168 valence electrons. The van der Waals surface area contributed by atoms with Crippen LogP contribution in [0.5, 0.6) is 0 Å². The molecule has 0 saturated carbocycles. The second-order valence-corrected chi connectivity index (χ2v) is 9.51. The van der Waals surface area contributed by atoms with E-state index in [9.17, 15) is 18.0 Å². The van der Waals surface area contributed by atoms with Crippen molar-refractivity contribution >= 4 is 21.8 Å². The lowest BCUT2D eigenvalue weighted by Crippen LogP contribution is -2.51. The Labute approximate surface area is 185 Å². The maximum absolute atomic E-state index is 13.1. The number of nitrogens with zero attached hydrogens (tertiary/aromatic N) is 2. The lowest BCUT2D eigenvalue weighted by atomic mass is 10.1. The summed E-state index contributed by atoms with van der Waals surface area (Å²) in [5.41, 5.74) is 1.98. The normalized spacial score (nSPS) is 12.4. The first-order chi connectivity index (χ1) is 14.7. The zero-order chi connectivity index (χ0) is 23.0. The second kappa shape index (κ2) is 11.1. The molecule has 1 N–H and O–H groups in total. The van der Waals surface area contributed by atoms with E-state index in [2.05, 4.69) is 5.32 Å². The van der Waals surface area contributed by atoms with Crippen molar-refractivity contribution in [2.24, 2.45) is 0 Å². The number of carbonyl (C=O) groups excluding carboxylic acids is 2. The van der Waals surface area contributed by atoms with Gasteiger partial charge in [0, 0.05) is 20.1 Å². The zero-order valence-corrected chi connectivity index (χ0v) is 19.4. The van der Waals surface area contributed by atoms with Crippen molar-refractivity contribution in [3.8, 4) is 0 Å². The van der Waals surface area contributed by atoms with Crippen LogP contribution in [0.15, 0.2) is 59.5 Å². The molecule has 0 spiro atoms. The smallest absolute Gasteiger partial charge is 0.243 e. The Morgan fingerprint density at radius 1 is 1.03 bits per heavy atom. The Morgan fingerprint density at radius 2 is 1.65 bits per heavy atom. The van der Waals surface area contributed by atoms with Gasteiger partial charge in [-0.2, -0.15) is 4.31 Å². The lowest BCUT2D eigenvalue weighted by molar-refractivity contribution is -0.139. The molecule has 1 unspecified atom stereocenters. The largest absolute Gasteiger partial charge is 0.355 e. The molecule has 0 aliphatic carbocycles. The minimum Gasteiger partial charge on any atom is -0.355 e. The van der Waals surface area contributed by atoms with Gasteiger partial charge in [-0.3, -0.25) is 9.59 Å². The van der Waals surface area contributed by atoms with E-state index in [-0.39, 0.29) is 17.3 Å². The van der Waals surface area contributed by atoms with Gasteiger partial charge in [0.15, 0.2) is 0 Å². The van der Waals surface area contributed by atoms with E-state index in [1.807, 2.05) is 44.2 Å². The van der Waals surface area contributed by atoms with Crippen LogP contribution in [-0.4, -0.2) is 62.2 Å². The molecule has 7 nitrogen and oxygen atoms in total. The van der Waals surface area contributed by atoms with Crippen molar-refractivity contribution in [3.05, 3.63) is 65.7 Å². The average Bonchev–Trinajstić information content (AvgIpc) is 2.74. The third-order valence-electron chi connectivity index (χ3n) is 5.09.